The van der Waals surface area contributed by atoms with E-state index in [9.17, 15) is 0 Å². The Kier molecular flexibility index (Phi) is 5.10. The third-order valence-corrected chi connectivity index (χ3v) is 6.11. The van der Waals surface area contributed by atoms with Crippen molar-refractivity contribution in [3.63, 3.8) is 0 Å². The summed E-state index contributed by atoms with van der Waals surface area (Å²) in [4.78, 5) is 18.9. The minimum Gasteiger partial charge on any atom is -0.378 e. The molecular formula is C21H28N6O. The van der Waals surface area contributed by atoms with Crippen LogP contribution in [0.15, 0.2) is 39.2 Å². The number of anilines is 2. The highest BCUT2D eigenvalue weighted by Crippen LogP contribution is 2.29. The maximum absolute atomic E-state index is 5.43. The van der Waals surface area contributed by atoms with E-state index in [-0.39, 0.29) is 12.2 Å². The van der Waals surface area contributed by atoms with Crippen molar-refractivity contribution < 1.29 is 4.74 Å². The van der Waals surface area contributed by atoms with E-state index in [0.29, 0.717) is 12.0 Å². The number of morpholine rings is 1. The minimum atomic E-state index is 0.0450. The van der Waals surface area contributed by atoms with Crippen molar-refractivity contribution in [1.82, 2.24) is 4.90 Å². The Hall–Kier alpha value is -2.25. The molecule has 1 N–H and O–H groups in total. The van der Waals surface area contributed by atoms with E-state index in [4.69, 9.17) is 9.73 Å². The van der Waals surface area contributed by atoms with E-state index < -0.39 is 0 Å². The van der Waals surface area contributed by atoms with Crippen LogP contribution in [0.5, 0.6) is 0 Å². The first kappa shape index (κ1) is 17.8. The summed E-state index contributed by atoms with van der Waals surface area (Å²) in [5.41, 5.74) is 2.25. The van der Waals surface area contributed by atoms with Crippen LogP contribution in [0.1, 0.15) is 25.7 Å². The van der Waals surface area contributed by atoms with Crippen molar-refractivity contribution in [2.24, 2.45) is 15.0 Å². The van der Waals surface area contributed by atoms with Gasteiger partial charge in [-0.2, -0.15) is 0 Å². The van der Waals surface area contributed by atoms with E-state index in [1.54, 1.807) is 0 Å². The molecule has 1 aliphatic carbocycles. The number of benzene rings is 1. The number of guanidine groups is 1. The lowest BCUT2D eigenvalue weighted by molar-refractivity contribution is 0.122. The third-order valence-electron chi connectivity index (χ3n) is 6.11. The monoisotopic (exact) mass is 380 g/mol. The molecule has 7 nitrogen and oxygen atoms in total. The number of nitrogens with one attached hydrogen (secondary N) is 1. The normalized spacial score (nSPS) is 28.3. The van der Waals surface area contributed by atoms with Crippen LogP contribution in [-0.2, 0) is 4.74 Å². The minimum absolute atomic E-state index is 0.0450. The number of hydrogen-bond donors (Lipinski definition) is 1. The zero-order chi connectivity index (χ0) is 18.8. The first-order valence-electron chi connectivity index (χ1n) is 10.5. The largest absolute Gasteiger partial charge is 0.378 e. The quantitative estimate of drug-likeness (QED) is 0.875. The predicted molar refractivity (Wildman–Crippen MR) is 114 cm³/mol. The predicted octanol–water partition coefficient (Wildman–Crippen LogP) is 2.40. The zero-order valence-electron chi connectivity index (χ0n) is 16.2. The van der Waals surface area contributed by atoms with Gasteiger partial charge in [-0.25, -0.2) is 9.98 Å². The van der Waals surface area contributed by atoms with Gasteiger partial charge in [-0.3, -0.25) is 9.89 Å². The smallest absolute Gasteiger partial charge is 0.223 e. The average molecular weight is 380 g/mol. The van der Waals surface area contributed by atoms with Gasteiger partial charge in [-0.05, 0) is 37.1 Å². The second-order valence-corrected chi connectivity index (χ2v) is 7.87. The summed E-state index contributed by atoms with van der Waals surface area (Å²) in [6, 6.07) is 9.18. The number of fused-ring (bicyclic) bond motifs is 1. The van der Waals surface area contributed by atoms with Crippen molar-refractivity contribution in [1.29, 1.82) is 0 Å². The van der Waals surface area contributed by atoms with Crippen LogP contribution < -0.4 is 10.2 Å². The lowest BCUT2D eigenvalue weighted by atomic mass is 10.1. The molecule has 7 heteroatoms. The highest BCUT2D eigenvalue weighted by molar-refractivity contribution is 6.01. The van der Waals surface area contributed by atoms with Gasteiger partial charge in [0.1, 0.15) is 12.2 Å². The van der Waals surface area contributed by atoms with Crippen LogP contribution in [0, 0.1) is 0 Å². The summed E-state index contributed by atoms with van der Waals surface area (Å²) >= 11 is 0. The first-order chi connectivity index (χ1) is 13.9. The molecule has 2 atom stereocenters. The molecule has 0 radical (unpaired) electrons. The maximum Gasteiger partial charge on any atom is 0.223 e. The number of ether oxygens (including phenoxy) is 1. The van der Waals surface area contributed by atoms with Crippen molar-refractivity contribution >= 4 is 29.8 Å². The summed E-state index contributed by atoms with van der Waals surface area (Å²) in [6.07, 6.45) is 9.25. The van der Waals surface area contributed by atoms with Gasteiger partial charge in [0.15, 0.2) is 0 Å². The first-order valence-corrected chi connectivity index (χ1v) is 10.5. The Bertz CT molecular complexity index is 762. The molecule has 1 aromatic rings. The molecular weight excluding hydrogens is 352 g/mol. The fourth-order valence-corrected chi connectivity index (χ4v) is 4.59. The molecule has 148 valence electrons. The standard InChI is InChI=1S/C21H28N6O/c1-2-4-18(3-1)27-10-9-22-19-15-23-21(25-20(19)27)24-16-5-7-17(8-6-16)26-11-13-28-14-12-26/h5-9,15,18-20H,1-4,10-14H2,(H,24,25). The van der Waals surface area contributed by atoms with Gasteiger partial charge < -0.3 is 15.0 Å². The average Bonchev–Trinajstić information content (AvgIpc) is 3.29. The second kappa shape index (κ2) is 8.01. The van der Waals surface area contributed by atoms with E-state index in [0.717, 1.165) is 38.5 Å². The van der Waals surface area contributed by atoms with E-state index in [1.165, 1.54) is 31.4 Å². The van der Waals surface area contributed by atoms with Gasteiger partial charge in [0.2, 0.25) is 5.96 Å². The van der Waals surface area contributed by atoms with Gasteiger partial charge >= 0.3 is 0 Å². The fraction of sp³-hybridized carbons (Fsp3) is 0.571. The van der Waals surface area contributed by atoms with Crippen LogP contribution in [-0.4, -0.2) is 74.4 Å². The highest BCUT2D eigenvalue weighted by atomic mass is 16.5. The summed E-state index contributed by atoms with van der Waals surface area (Å²) in [7, 11) is 0. The molecule has 3 heterocycles. The topological polar surface area (TPSA) is 64.8 Å². The third kappa shape index (κ3) is 3.69. The van der Waals surface area contributed by atoms with Gasteiger partial charge in [0.05, 0.1) is 13.2 Å². The molecule has 0 amide bonds. The molecule has 1 saturated heterocycles. The molecule has 0 aromatic heterocycles. The Morgan fingerprint density at radius 3 is 2.61 bits per heavy atom. The fourth-order valence-electron chi connectivity index (χ4n) is 4.59. The molecule has 3 aliphatic heterocycles. The van der Waals surface area contributed by atoms with E-state index in [2.05, 4.69) is 49.4 Å². The Morgan fingerprint density at radius 2 is 1.82 bits per heavy atom. The van der Waals surface area contributed by atoms with Gasteiger partial charge in [0.25, 0.3) is 0 Å². The Morgan fingerprint density at radius 1 is 1.04 bits per heavy atom. The highest BCUT2D eigenvalue weighted by Gasteiger charge is 2.36. The van der Waals surface area contributed by atoms with Crippen LogP contribution >= 0.6 is 0 Å². The Balaban J connectivity index is 1.28. The maximum atomic E-state index is 5.43. The van der Waals surface area contributed by atoms with Crippen molar-refractivity contribution in [2.75, 3.05) is 43.1 Å². The number of aliphatic imine (C=N–C) groups is 3. The van der Waals surface area contributed by atoms with Crippen LogP contribution in [0.25, 0.3) is 0 Å². The molecule has 1 aromatic carbocycles. The second-order valence-electron chi connectivity index (χ2n) is 7.87. The molecule has 0 bridgehead atoms. The van der Waals surface area contributed by atoms with E-state index in [1.807, 2.05) is 12.4 Å². The lowest BCUT2D eigenvalue weighted by Gasteiger charge is -2.39. The zero-order valence-corrected chi connectivity index (χ0v) is 16.2. The molecule has 28 heavy (non-hydrogen) atoms. The summed E-state index contributed by atoms with van der Waals surface area (Å²) in [5.74, 6) is 0.681. The van der Waals surface area contributed by atoms with Gasteiger partial charge in [0, 0.05) is 49.5 Å². The molecule has 4 aliphatic rings. The molecule has 0 spiro atoms. The summed E-state index contributed by atoms with van der Waals surface area (Å²) in [6.45, 7) is 4.39. The molecule has 1 saturated carbocycles. The molecule has 5 rings (SSSR count). The van der Waals surface area contributed by atoms with Crippen molar-refractivity contribution in [2.45, 2.75) is 43.9 Å². The van der Waals surface area contributed by atoms with Gasteiger partial charge in [-0.1, -0.05) is 12.8 Å². The molecule has 2 fully saturated rings. The summed E-state index contributed by atoms with van der Waals surface area (Å²) < 4.78 is 5.43. The van der Waals surface area contributed by atoms with E-state index >= 15 is 0 Å². The SMILES string of the molecule is C1=NC(Nc2ccc(N3CCOCC3)cc2)=NC2C1N=CCN2C1CCCC1. The van der Waals surface area contributed by atoms with Crippen LogP contribution in [0.2, 0.25) is 0 Å². The van der Waals surface area contributed by atoms with Crippen molar-refractivity contribution in [3.05, 3.63) is 24.3 Å². The number of rotatable bonds is 3. The number of nitrogens with zero attached hydrogens (tertiary/aromatic N) is 5. The Labute approximate surface area is 166 Å². The van der Waals surface area contributed by atoms with Crippen LogP contribution in [0.3, 0.4) is 0 Å². The van der Waals surface area contributed by atoms with Gasteiger partial charge in [-0.15, -0.1) is 0 Å². The lowest BCUT2D eigenvalue weighted by Crippen LogP contribution is -2.52. The molecule has 2 unspecified atom stereocenters. The van der Waals surface area contributed by atoms with Crippen LogP contribution in [0.4, 0.5) is 11.4 Å². The number of hydrogen-bond acceptors (Lipinski definition) is 7. The summed E-state index contributed by atoms with van der Waals surface area (Å²) in [5, 5.41) is 3.39. The van der Waals surface area contributed by atoms with Crippen molar-refractivity contribution in [3.8, 4) is 0 Å².